The third-order valence-electron chi connectivity index (χ3n) is 4.66. The molecule has 25 heavy (non-hydrogen) atoms. The van der Waals surface area contributed by atoms with E-state index in [9.17, 15) is 4.79 Å². The van der Waals surface area contributed by atoms with Crippen LogP contribution in [0.15, 0.2) is 60.7 Å². The van der Waals surface area contributed by atoms with Crippen molar-refractivity contribution >= 4 is 22.4 Å². The van der Waals surface area contributed by atoms with E-state index in [1.807, 2.05) is 48.5 Å². The maximum atomic E-state index is 12.7. The molecule has 3 heteroatoms. The molecule has 0 aliphatic rings. The number of anilines is 1. The maximum Gasteiger partial charge on any atom is 0.259 e. The Morgan fingerprint density at radius 1 is 1.04 bits per heavy atom. The molecule has 0 unspecified atom stereocenters. The second-order valence-electron chi connectivity index (χ2n) is 6.29. The molecule has 0 aliphatic carbocycles. The van der Waals surface area contributed by atoms with Crippen molar-refractivity contribution in [3.8, 4) is 5.75 Å². The highest BCUT2D eigenvalue weighted by molar-refractivity contribution is 6.08. The molecule has 1 atom stereocenters. The molecular weight excluding hydrogens is 310 g/mol. The van der Waals surface area contributed by atoms with E-state index in [2.05, 4.69) is 31.3 Å². The molecule has 0 heterocycles. The first-order valence-electron chi connectivity index (χ1n) is 8.60. The van der Waals surface area contributed by atoms with E-state index in [0.717, 1.165) is 22.9 Å². The lowest BCUT2D eigenvalue weighted by molar-refractivity contribution is 0.102. The van der Waals surface area contributed by atoms with Gasteiger partial charge in [0.25, 0.3) is 5.91 Å². The molecule has 0 aliphatic heterocycles. The topological polar surface area (TPSA) is 38.3 Å². The number of hydrogen-bond donors (Lipinski definition) is 1. The lowest BCUT2D eigenvalue weighted by Gasteiger charge is -2.13. The molecule has 1 amide bonds. The number of fused-ring (bicyclic) bond motifs is 1. The first-order valence-corrected chi connectivity index (χ1v) is 8.60. The van der Waals surface area contributed by atoms with Crippen molar-refractivity contribution in [2.45, 2.75) is 26.2 Å². The van der Waals surface area contributed by atoms with Crippen LogP contribution < -0.4 is 10.1 Å². The van der Waals surface area contributed by atoms with Crippen molar-refractivity contribution in [2.24, 2.45) is 0 Å². The summed E-state index contributed by atoms with van der Waals surface area (Å²) in [5, 5.41) is 5.03. The Kier molecular flexibility index (Phi) is 5.03. The van der Waals surface area contributed by atoms with Gasteiger partial charge in [-0.25, -0.2) is 0 Å². The molecule has 128 valence electrons. The van der Waals surface area contributed by atoms with Crippen molar-refractivity contribution in [2.75, 3.05) is 12.4 Å². The number of nitrogens with one attached hydrogen (secondary N) is 1. The quantitative estimate of drug-likeness (QED) is 0.658. The standard InChI is InChI=1S/C22H23NO2/c1-4-15(2)16-9-11-19(12-10-16)23-22(24)20-13-17-7-5-6-8-18(17)14-21(20)25-3/h5-15H,4H2,1-3H3,(H,23,24)/t15-/m1/s1. The Morgan fingerprint density at radius 3 is 2.28 bits per heavy atom. The third kappa shape index (κ3) is 3.66. The zero-order chi connectivity index (χ0) is 17.8. The van der Waals surface area contributed by atoms with Crippen LogP contribution in [-0.2, 0) is 0 Å². The monoisotopic (exact) mass is 333 g/mol. The number of amides is 1. The van der Waals surface area contributed by atoms with Gasteiger partial charge in [-0.2, -0.15) is 0 Å². The highest BCUT2D eigenvalue weighted by atomic mass is 16.5. The lowest BCUT2D eigenvalue weighted by Crippen LogP contribution is -2.13. The predicted octanol–water partition coefficient (Wildman–Crippen LogP) is 5.61. The van der Waals surface area contributed by atoms with Gasteiger partial charge in [0.05, 0.1) is 12.7 Å². The molecular formula is C22H23NO2. The van der Waals surface area contributed by atoms with Gasteiger partial charge in [0.2, 0.25) is 0 Å². The normalized spacial score (nSPS) is 12.0. The number of carbonyl (C=O) groups excluding carboxylic acids is 1. The highest BCUT2D eigenvalue weighted by Gasteiger charge is 2.14. The number of methoxy groups -OCH3 is 1. The first-order chi connectivity index (χ1) is 12.1. The molecule has 3 nitrogen and oxygen atoms in total. The van der Waals surface area contributed by atoms with Gasteiger partial charge in [0, 0.05) is 5.69 Å². The Morgan fingerprint density at radius 2 is 1.68 bits per heavy atom. The molecule has 3 aromatic rings. The largest absolute Gasteiger partial charge is 0.496 e. The Hall–Kier alpha value is -2.81. The fourth-order valence-electron chi connectivity index (χ4n) is 2.89. The second-order valence-corrected chi connectivity index (χ2v) is 6.29. The summed E-state index contributed by atoms with van der Waals surface area (Å²) in [5.74, 6) is 0.927. The van der Waals surface area contributed by atoms with Crippen LogP contribution in [-0.4, -0.2) is 13.0 Å². The van der Waals surface area contributed by atoms with Crippen LogP contribution >= 0.6 is 0 Å². The van der Waals surface area contributed by atoms with E-state index in [1.54, 1.807) is 7.11 Å². The van der Waals surface area contributed by atoms with Crippen molar-refractivity contribution in [3.63, 3.8) is 0 Å². The minimum Gasteiger partial charge on any atom is -0.496 e. The maximum absolute atomic E-state index is 12.7. The van der Waals surface area contributed by atoms with E-state index >= 15 is 0 Å². The van der Waals surface area contributed by atoms with Gasteiger partial charge in [-0.3, -0.25) is 4.79 Å². The van der Waals surface area contributed by atoms with Gasteiger partial charge in [-0.05, 0) is 52.9 Å². The fraction of sp³-hybridized carbons (Fsp3) is 0.227. The Bertz CT molecular complexity index is 884. The molecule has 0 saturated heterocycles. The van der Waals surface area contributed by atoms with Crippen LogP contribution in [0.5, 0.6) is 5.75 Å². The zero-order valence-corrected chi connectivity index (χ0v) is 14.9. The Balaban J connectivity index is 1.86. The predicted molar refractivity (Wildman–Crippen MR) is 104 cm³/mol. The van der Waals surface area contributed by atoms with Crippen molar-refractivity contribution in [1.82, 2.24) is 0 Å². The number of ether oxygens (including phenoxy) is 1. The minimum atomic E-state index is -0.168. The molecule has 0 radical (unpaired) electrons. The van der Waals surface area contributed by atoms with Gasteiger partial charge >= 0.3 is 0 Å². The van der Waals surface area contributed by atoms with Gasteiger partial charge in [-0.15, -0.1) is 0 Å². The lowest BCUT2D eigenvalue weighted by atomic mass is 9.98. The number of hydrogen-bond acceptors (Lipinski definition) is 2. The summed E-state index contributed by atoms with van der Waals surface area (Å²) in [4.78, 5) is 12.7. The molecule has 0 fully saturated rings. The van der Waals surface area contributed by atoms with Crippen LogP contribution in [0.2, 0.25) is 0 Å². The summed E-state index contributed by atoms with van der Waals surface area (Å²) in [6, 6.07) is 19.8. The van der Waals surface area contributed by atoms with Gasteiger partial charge < -0.3 is 10.1 Å². The van der Waals surface area contributed by atoms with Gasteiger partial charge in [0.15, 0.2) is 0 Å². The zero-order valence-electron chi connectivity index (χ0n) is 14.9. The average Bonchev–Trinajstić information content (AvgIpc) is 2.66. The SMILES string of the molecule is CC[C@@H](C)c1ccc(NC(=O)c2cc3ccccc3cc2OC)cc1. The minimum absolute atomic E-state index is 0.168. The van der Waals surface area contributed by atoms with Crippen molar-refractivity contribution < 1.29 is 9.53 Å². The highest BCUT2D eigenvalue weighted by Crippen LogP contribution is 2.27. The smallest absolute Gasteiger partial charge is 0.259 e. The van der Waals surface area contributed by atoms with Crippen LogP contribution in [0.1, 0.15) is 42.1 Å². The van der Waals surface area contributed by atoms with Crippen LogP contribution in [0, 0.1) is 0 Å². The number of benzene rings is 3. The van der Waals surface area contributed by atoms with E-state index in [0.29, 0.717) is 17.2 Å². The molecule has 0 bridgehead atoms. The summed E-state index contributed by atoms with van der Waals surface area (Å²) in [6.07, 6.45) is 1.10. The molecule has 0 saturated carbocycles. The molecule has 0 spiro atoms. The number of carbonyl (C=O) groups is 1. The van der Waals surface area contributed by atoms with Crippen molar-refractivity contribution in [3.05, 3.63) is 71.8 Å². The molecule has 0 aromatic heterocycles. The summed E-state index contributed by atoms with van der Waals surface area (Å²) in [7, 11) is 1.59. The third-order valence-corrected chi connectivity index (χ3v) is 4.66. The molecule has 3 aromatic carbocycles. The van der Waals surface area contributed by atoms with Gasteiger partial charge in [-0.1, -0.05) is 50.2 Å². The summed E-state index contributed by atoms with van der Waals surface area (Å²) >= 11 is 0. The first kappa shape index (κ1) is 17.0. The Labute approximate surface area is 148 Å². The van der Waals surface area contributed by atoms with E-state index in [-0.39, 0.29) is 5.91 Å². The van der Waals surface area contributed by atoms with E-state index in [4.69, 9.17) is 4.74 Å². The van der Waals surface area contributed by atoms with Crippen LogP contribution in [0.3, 0.4) is 0 Å². The van der Waals surface area contributed by atoms with E-state index < -0.39 is 0 Å². The molecule has 3 rings (SSSR count). The van der Waals surface area contributed by atoms with Crippen molar-refractivity contribution in [1.29, 1.82) is 0 Å². The summed E-state index contributed by atoms with van der Waals surface area (Å²) in [6.45, 7) is 4.37. The van der Waals surface area contributed by atoms with E-state index in [1.165, 1.54) is 5.56 Å². The summed E-state index contributed by atoms with van der Waals surface area (Å²) < 4.78 is 5.42. The van der Waals surface area contributed by atoms with Crippen LogP contribution in [0.25, 0.3) is 10.8 Å². The molecule has 1 N–H and O–H groups in total. The number of rotatable bonds is 5. The second kappa shape index (κ2) is 7.39. The average molecular weight is 333 g/mol. The van der Waals surface area contributed by atoms with Gasteiger partial charge in [0.1, 0.15) is 5.75 Å². The summed E-state index contributed by atoms with van der Waals surface area (Å²) in [5.41, 5.74) is 2.60. The van der Waals surface area contributed by atoms with Crippen LogP contribution in [0.4, 0.5) is 5.69 Å². The fourth-order valence-corrected chi connectivity index (χ4v) is 2.89.